The van der Waals surface area contributed by atoms with Crippen LogP contribution in [0.25, 0.3) is 5.69 Å². The minimum atomic E-state index is -0.531. The fourth-order valence-corrected chi connectivity index (χ4v) is 3.51. The topological polar surface area (TPSA) is 84.2 Å². The van der Waals surface area contributed by atoms with Gasteiger partial charge in [-0.3, -0.25) is 14.2 Å². The lowest BCUT2D eigenvalue weighted by molar-refractivity contribution is -0.113. The standard InChI is InChI=1S/C20H18FN3O3S/c1-12-4-3-5-13(2)19(12)22-17(26)11-28-20-23-16(25)10-18(27)24(20)15-8-6-14(21)7-9-15/h3-10,25H,11H2,1-2H3,(H,22,26). The number of halogens is 1. The average molecular weight is 399 g/mol. The summed E-state index contributed by atoms with van der Waals surface area (Å²) in [6.07, 6.45) is 0. The monoisotopic (exact) mass is 399 g/mol. The van der Waals surface area contributed by atoms with Gasteiger partial charge in [0.2, 0.25) is 11.8 Å². The Bertz CT molecular complexity index is 1060. The van der Waals surface area contributed by atoms with Crippen molar-refractivity contribution >= 4 is 23.4 Å². The van der Waals surface area contributed by atoms with Crippen molar-refractivity contribution in [2.45, 2.75) is 19.0 Å². The Morgan fingerprint density at radius 1 is 1.18 bits per heavy atom. The van der Waals surface area contributed by atoms with Crippen LogP contribution in [-0.4, -0.2) is 26.3 Å². The van der Waals surface area contributed by atoms with Crippen molar-refractivity contribution in [3.63, 3.8) is 0 Å². The molecule has 0 saturated carbocycles. The molecule has 0 fully saturated rings. The minimum Gasteiger partial charge on any atom is -0.493 e. The SMILES string of the molecule is Cc1cccc(C)c1NC(=O)CSc1nc(O)cc(=O)n1-c1ccc(F)cc1. The van der Waals surface area contributed by atoms with Crippen LogP contribution in [-0.2, 0) is 4.79 Å². The third-order valence-electron chi connectivity index (χ3n) is 4.04. The number of carbonyl (C=O) groups excluding carboxylic acids is 1. The first-order valence-corrected chi connectivity index (χ1v) is 9.41. The van der Waals surface area contributed by atoms with Gasteiger partial charge >= 0.3 is 0 Å². The molecule has 2 N–H and O–H groups in total. The summed E-state index contributed by atoms with van der Waals surface area (Å²) in [5, 5.41) is 12.7. The van der Waals surface area contributed by atoms with E-state index in [0.717, 1.165) is 34.6 Å². The van der Waals surface area contributed by atoms with Crippen molar-refractivity contribution in [3.05, 3.63) is 75.8 Å². The van der Waals surface area contributed by atoms with Crippen LogP contribution in [0.3, 0.4) is 0 Å². The zero-order valence-electron chi connectivity index (χ0n) is 15.3. The largest absolute Gasteiger partial charge is 0.493 e. The second-order valence-corrected chi connectivity index (χ2v) is 7.09. The Morgan fingerprint density at radius 3 is 2.46 bits per heavy atom. The van der Waals surface area contributed by atoms with E-state index in [4.69, 9.17) is 0 Å². The Morgan fingerprint density at radius 2 is 1.82 bits per heavy atom. The van der Waals surface area contributed by atoms with Crippen molar-refractivity contribution < 1.29 is 14.3 Å². The van der Waals surface area contributed by atoms with Gasteiger partial charge in [-0.25, -0.2) is 4.39 Å². The van der Waals surface area contributed by atoms with Gasteiger partial charge in [-0.2, -0.15) is 4.98 Å². The summed E-state index contributed by atoms with van der Waals surface area (Å²) in [5.41, 5.74) is 2.48. The van der Waals surface area contributed by atoms with E-state index >= 15 is 0 Å². The van der Waals surface area contributed by atoms with E-state index in [2.05, 4.69) is 10.3 Å². The molecule has 0 aliphatic heterocycles. The quantitative estimate of drug-likeness (QED) is 0.507. The average Bonchev–Trinajstić information content (AvgIpc) is 2.64. The molecule has 0 unspecified atom stereocenters. The molecule has 0 bridgehead atoms. The van der Waals surface area contributed by atoms with E-state index in [9.17, 15) is 19.1 Å². The molecule has 0 aliphatic rings. The maximum absolute atomic E-state index is 13.2. The number of rotatable bonds is 5. The molecule has 28 heavy (non-hydrogen) atoms. The summed E-state index contributed by atoms with van der Waals surface area (Å²) in [5.74, 6) is -1.18. The third kappa shape index (κ3) is 4.40. The van der Waals surface area contributed by atoms with Gasteiger partial charge in [0.05, 0.1) is 17.5 Å². The predicted octanol–water partition coefficient (Wildman–Crippen LogP) is 3.42. The van der Waals surface area contributed by atoms with Crippen LogP contribution in [0, 0.1) is 19.7 Å². The minimum absolute atomic E-state index is 0.0230. The lowest BCUT2D eigenvalue weighted by atomic mass is 10.1. The molecular formula is C20H18FN3O3S. The first kappa shape index (κ1) is 19.6. The van der Waals surface area contributed by atoms with Gasteiger partial charge < -0.3 is 10.4 Å². The van der Waals surface area contributed by atoms with Crippen molar-refractivity contribution in [2.24, 2.45) is 0 Å². The van der Waals surface area contributed by atoms with E-state index < -0.39 is 17.3 Å². The van der Waals surface area contributed by atoms with Crippen LogP contribution in [0.5, 0.6) is 5.88 Å². The molecule has 1 aromatic heterocycles. The van der Waals surface area contributed by atoms with Crippen LogP contribution in [0.15, 0.2) is 58.5 Å². The molecule has 0 atom stereocenters. The highest BCUT2D eigenvalue weighted by atomic mass is 32.2. The van der Waals surface area contributed by atoms with Gasteiger partial charge in [0.15, 0.2) is 5.16 Å². The molecule has 1 heterocycles. The maximum Gasteiger partial charge on any atom is 0.262 e. The molecule has 8 heteroatoms. The zero-order valence-corrected chi connectivity index (χ0v) is 16.1. The van der Waals surface area contributed by atoms with E-state index in [1.807, 2.05) is 32.0 Å². The smallest absolute Gasteiger partial charge is 0.262 e. The fourth-order valence-electron chi connectivity index (χ4n) is 2.69. The molecule has 0 radical (unpaired) electrons. The van der Waals surface area contributed by atoms with Crippen molar-refractivity contribution in [1.29, 1.82) is 0 Å². The van der Waals surface area contributed by atoms with Gasteiger partial charge in [0.1, 0.15) is 5.82 Å². The third-order valence-corrected chi connectivity index (χ3v) is 4.98. The molecular weight excluding hydrogens is 381 g/mol. The van der Waals surface area contributed by atoms with Gasteiger partial charge in [-0.15, -0.1) is 0 Å². The van der Waals surface area contributed by atoms with Gasteiger partial charge in [-0.1, -0.05) is 30.0 Å². The van der Waals surface area contributed by atoms with Crippen molar-refractivity contribution in [1.82, 2.24) is 9.55 Å². The molecule has 3 rings (SSSR count). The second kappa shape index (κ2) is 8.26. The number of nitrogens with one attached hydrogen (secondary N) is 1. The van der Waals surface area contributed by atoms with E-state index in [0.29, 0.717) is 5.69 Å². The number of hydrogen-bond acceptors (Lipinski definition) is 5. The summed E-state index contributed by atoms with van der Waals surface area (Å²) < 4.78 is 14.4. The van der Waals surface area contributed by atoms with E-state index in [-0.39, 0.29) is 16.8 Å². The van der Waals surface area contributed by atoms with E-state index in [1.165, 1.54) is 28.8 Å². The summed E-state index contributed by atoms with van der Waals surface area (Å²) in [6, 6.07) is 12.0. The van der Waals surface area contributed by atoms with Gasteiger partial charge in [0.25, 0.3) is 5.56 Å². The Kier molecular flexibility index (Phi) is 5.79. The van der Waals surface area contributed by atoms with E-state index in [1.54, 1.807) is 0 Å². The molecule has 0 saturated heterocycles. The lowest BCUT2D eigenvalue weighted by Gasteiger charge is -2.13. The summed E-state index contributed by atoms with van der Waals surface area (Å²) in [7, 11) is 0. The normalized spacial score (nSPS) is 10.7. The Labute approximate surface area is 165 Å². The first-order chi connectivity index (χ1) is 13.3. The number of aryl methyl sites for hydroxylation is 2. The number of anilines is 1. The van der Waals surface area contributed by atoms with Crippen LogP contribution < -0.4 is 10.9 Å². The molecule has 3 aromatic rings. The van der Waals surface area contributed by atoms with Crippen LogP contribution in [0.2, 0.25) is 0 Å². The predicted molar refractivity (Wildman–Crippen MR) is 107 cm³/mol. The Balaban J connectivity index is 1.83. The molecule has 1 amide bonds. The number of nitrogens with zero attached hydrogens (tertiary/aromatic N) is 2. The molecule has 6 nitrogen and oxygen atoms in total. The number of benzene rings is 2. The highest BCUT2D eigenvalue weighted by Crippen LogP contribution is 2.23. The number of aromatic hydroxyl groups is 1. The highest BCUT2D eigenvalue weighted by Gasteiger charge is 2.14. The van der Waals surface area contributed by atoms with Gasteiger partial charge in [-0.05, 0) is 49.2 Å². The van der Waals surface area contributed by atoms with Crippen molar-refractivity contribution in [2.75, 3.05) is 11.1 Å². The second-order valence-electron chi connectivity index (χ2n) is 6.15. The number of hydrogen-bond donors (Lipinski definition) is 2. The van der Waals surface area contributed by atoms with Crippen LogP contribution in [0.1, 0.15) is 11.1 Å². The van der Waals surface area contributed by atoms with Gasteiger partial charge in [0, 0.05) is 5.69 Å². The lowest BCUT2D eigenvalue weighted by Crippen LogP contribution is -2.22. The Hall–Kier alpha value is -3.13. The highest BCUT2D eigenvalue weighted by molar-refractivity contribution is 7.99. The number of para-hydroxylation sites is 1. The number of aromatic nitrogens is 2. The molecule has 144 valence electrons. The molecule has 0 aliphatic carbocycles. The number of thioether (sulfide) groups is 1. The zero-order chi connectivity index (χ0) is 20.3. The van der Waals surface area contributed by atoms with Crippen LogP contribution in [0.4, 0.5) is 10.1 Å². The summed E-state index contributed by atoms with van der Waals surface area (Å²) in [4.78, 5) is 28.7. The first-order valence-electron chi connectivity index (χ1n) is 8.43. The van der Waals surface area contributed by atoms with Crippen LogP contribution >= 0.6 is 11.8 Å². The van der Waals surface area contributed by atoms with Crippen molar-refractivity contribution in [3.8, 4) is 11.6 Å². The summed E-state index contributed by atoms with van der Waals surface area (Å²) in [6.45, 7) is 3.80. The molecule has 2 aromatic carbocycles. The maximum atomic E-state index is 13.2. The molecule has 0 spiro atoms. The summed E-state index contributed by atoms with van der Waals surface area (Å²) >= 11 is 1.000. The fraction of sp³-hybridized carbons (Fsp3) is 0.150. The number of amides is 1. The number of carbonyl (C=O) groups is 1.